The molecule has 2 unspecified atom stereocenters. The van der Waals surface area contributed by atoms with E-state index in [2.05, 4.69) is 4.98 Å². The predicted molar refractivity (Wildman–Crippen MR) is 116 cm³/mol. The summed E-state index contributed by atoms with van der Waals surface area (Å²) >= 11 is 0. The first-order chi connectivity index (χ1) is 16.2. The second-order valence-corrected chi connectivity index (χ2v) is 8.20. The average molecular weight is 465 g/mol. The number of aromatic nitrogens is 1. The fraction of sp³-hybridized carbons (Fsp3) is 0.269. The Morgan fingerprint density at radius 3 is 2.62 bits per heavy atom. The monoisotopic (exact) mass is 465 g/mol. The molecule has 1 N–H and O–H groups in total. The normalized spacial score (nSPS) is 17.0. The minimum atomic E-state index is -3.46. The molecule has 0 radical (unpaired) electrons. The lowest BCUT2D eigenvalue weighted by Crippen LogP contribution is -2.21. The van der Waals surface area contributed by atoms with Crippen LogP contribution in [0.1, 0.15) is 64.7 Å². The SMILES string of the molecule is CCC(F)c1cc(F)cc(C#N)c1Cc1ccc(-c2cccnc2C#N)c2c1CC(F)(F)C2O. The van der Waals surface area contributed by atoms with Crippen molar-refractivity contribution in [3.63, 3.8) is 0 Å². The van der Waals surface area contributed by atoms with Crippen LogP contribution in [0, 0.1) is 28.5 Å². The zero-order valence-electron chi connectivity index (χ0n) is 18.1. The summed E-state index contributed by atoms with van der Waals surface area (Å²) in [7, 11) is 0. The first-order valence-electron chi connectivity index (χ1n) is 10.6. The van der Waals surface area contributed by atoms with Crippen molar-refractivity contribution in [2.45, 2.75) is 44.4 Å². The van der Waals surface area contributed by atoms with E-state index in [-0.39, 0.29) is 51.9 Å². The van der Waals surface area contributed by atoms with Gasteiger partial charge in [-0.25, -0.2) is 22.5 Å². The van der Waals surface area contributed by atoms with Gasteiger partial charge in [0.25, 0.3) is 5.92 Å². The molecule has 0 amide bonds. The number of benzene rings is 2. The second kappa shape index (κ2) is 8.89. The highest BCUT2D eigenvalue weighted by Gasteiger charge is 2.49. The molecule has 2 atom stereocenters. The third kappa shape index (κ3) is 3.91. The summed E-state index contributed by atoms with van der Waals surface area (Å²) in [6.07, 6.45) is -3.06. The Kier molecular flexibility index (Phi) is 6.12. The average Bonchev–Trinajstić information content (AvgIpc) is 3.08. The molecule has 172 valence electrons. The zero-order valence-corrected chi connectivity index (χ0v) is 18.1. The number of rotatable bonds is 5. The molecule has 8 heteroatoms. The summed E-state index contributed by atoms with van der Waals surface area (Å²) in [5.41, 5.74) is 1.23. The minimum absolute atomic E-state index is 0.00112. The molecule has 0 bridgehead atoms. The van der Waals surface area contributed by atoms with Crippen molar-refractivity contribution in [3.05, 3.63) is 87.5 Å². The topological polar surface area (TPSA) is 80.7 Å². The number of alkyl halides is 3. The molecule has 0 saturated heterocycles. The largest absolute Gasteiger partial charge is 0.382 e. The molecule has 0 aliphatic heterocycles. The number of aliphatic hydroxyl groups is 1. The van der Waals surface area contributed by atoms with E-state index in [0.29, 0.717) is 11.1 Å². The van der Waals surface area contributed by atoms with Crippen molar-refractivity contribution in [3.8, 4) is 23.3 Å². The van der Waals surface area contributed by atoms with E-state index >= 15 is 0 Å². The standard InChI is InChI=1S/C26H19F4N3O/c1-2-22(28)20-10-16(27)8-15(12-31)19(20)9-14-5-6-18(17-4-3-7-33-23(17)13-32)24-21(14)11-26(29,30)25(24)34/h3-8,10,22,25,34H,2,9,11H2,1H3. The lowest BCUT2D eigenvalue weighted by Gasteiger charge is -2.19. The lowest BCUT2D eigenvalue weighted by molar-refractivity contribution is -0.0966. The number of hydrogen-bond acceptors (Lipinski definition) is 4. The first-order valence-corrected chi connectivity index (χ1v) is 10.6. The molecule has 3 aromatic rings. The van der Waals surface area contributed by atoms with E-state index in [1.807, 2.05) is 12.1 Å². The summed E-state index contributed by atoms with van der Waals surface area (Å²) in [4.78, 5) is 3.98. The highest BCUT2D eigenvalue weighted by molar-refractivity contribution is 5.75. The van der Waals surface area contributed by atoms with Gasteiger partial charge in [0.1, 0.15) is 29.9 Å². The van der Waals surface area contributed by atoms with Crippen LogP contribution in [0.3, 0.4) is 0 Å². The molecule has 4 nitrogen and oxygen atoms in total. The van der Waals surface area contributed by atoms with E-state index in [4.69, 9.17) is 0 Å². The molecule has 34 heavy (non-hydrogen) atoms. The van der Waals surface area contributed by atoms with Gasteiger partial charge in [-0.1, -0.05) is 19.1 Å². The van der Waals surface area contributed by atoms with Crippen molar-refractivity contribution < 1.29 is 22.7 Å². The molecule has 1 heterocycles. The molecule has 0 spiro atoms. The van der Waals surface area contributed by atoms with Crippen LogP contribution in [0.4, 0.5) is 17.6 Å². The fourth-order valence-electron chi connectivity index (χ4n) is 4.53. The van der Waals surface area contributed by atoms with Crippen LogP contribution in [-0.2, 0) is 12.8 Å². The molecule has 2 aromatic carbocycles. The highest BCUT2D eigenvalue weighted by Crippen LogP contribution is 2.49. The van der Waals surface area contributed by atoms with E-state index in [1.165, 1.54) is 12.3 Å². The van der Waals surface area contributed by atoms with Gasteiger partial charge in [0.15, 0.2) is 0 Å². The third-order valence-electron chi connectivity index (χ3n) is 6.18. The van der Waals surface area contributed by atoms with Crippen molar-refractivity contribution in [1.82, 2.24) is 4.98 Å². The Morgan fingerprint density at radius 2 is 1.94 bits per heavy atom. The van der Waals surface area contributed by atoms with Gasteiger partial charge in [0.05, 0.1) is 11.6 Å². The summed E-state index contributed by atoms with van der Waals surface area (Å²) in [5, 5.41) is 29.5. The number of nitrogens with zero attached hydrogens (tertiary/aromatic N) is 3. The van der Waals surface area contributed by atoms with Crippen molar-refractivity contribution in [1.29, 1.82) is 10.5 Å². The van der Waals surface area contributed by atoms with Crippen LogP contribution in [0.25, 0.3) is 11.1 Å². The molecule has 0 fully saturated rings. The molecular formula is C26H19F4N3O. The van der Waals surface area contributed by atoms with Gasteiger partial charge in [0.2, 0.25) is 0 Å². The van der Waals surface area contributed by atoms with E-state index in [1.54, 1.807) is 25.1 Å². The Balaban J connectivity index is 1.93. The van der Waals surface area contributed by atoms with Gasteiger partial charge in [-0.05, 0) is 70.5 Å². The van der Waals surface area contributed by atoms with Crippen LogP contribution in [0.15, 0.2) is 42.6 Å². The number of halogens is 4. The van der Waals surface area contributed by atoms with Crippen LogP contribution < -0.4 is 0 Å². The Bertz CT molecular complexity index is 1360. The van der Waals surface area contributed by atoms with Gasteiger partial charge in [-0.3, -0.25) is 0 Å². The predicted octanol–water partition coefficient (Wildman–Crippen LogP) is 5.87. The number of nitriles is 2. The number of aliphatic hydroxyl groups excluding tert-OH is 1. The van der Waals surface area contributed by atoms with Crippen LogP contribution in [0.5, 0.6) is 0 Å². The molecule has 0 saturated carbocycles. The maximum absolute atomic E-state index is 14.7. The van der Waals surface area contributed by atoms with E-state index < -0.39 is 30.4 Å². The summed E-state index contributed by atoms with van der Waals surface area (Å²) in [5.74, 6) is -4.22. The maximum atomic E-state index is 14.7. The van der Waals surface area contributed by atoms with Crippen LogP contribution in [0.2, 0.25) is 0 Å². The van der Waals surface area contributed by atoms with Crippen molar-refractivity contribution in [2.75, 3.05) is 0 Å². The van der Waals surface area contributed by atoms with Crippen LogP contribution in [-0.4, -0.2) is 16.0 Å². The Hall–Kier alpha value is -3.75. The number of fused-ring (bicyclic) bond motifs is 1. The summed E-state index contributed by atoms with van der Waals surface area (Å²) < 4.78 is 58.1. The maximum Gasteiger partial charge on any atom is 0.281 e. The van der Waals surface area contributed by atoms with Gasteiger partial charge in [-0.2, -0.15) is 10.5 Å². The minimum Gasteiger partial charge on any atom is -0.382 e. The second-order valence-electron chi connectivity index (χ2n) is 8.20. The summed E-state index contributed by atoms with van der Waals surface area (Å²) in [6, 6.07) is 12.0. The fourth-order valence-corrected chi connectivity index (χ4v) is 4.53. The van der Waals surface area contributed by atoms with Crippen molar-refractivity contribution >= 4 is 0 Å². The van der Waals surface area contributed by atoms with Crippen molar-refractivity contribution in [2.24, 2.45) is 0 Å². The smallest absolute Gasteiger partial charge is 0.281 e. The molecular weight excluding hydrogens is 446 g/mol. The van der Waals surface area contributed by atoms with Gasteiger partial charge in [-0.15, -0.1) is 0 Å². The molecule has 1 aliphatic rings. The number of pyridine rings is 1. The lowest BCUT2D eigenvalue weighted by atomic mass is 9.87. The Labute approximate surface area is 193 Å². The van der Waals surface area contributed by atoms with Gasteiger partial charge >= 0.3 is 0 Å². The van der Waals surface area contributed by atoms with E-state index in [0.717, 1.165) is 12.1 Å². The summed E-state index contributed by atoms with van der Waals surface area (Å²) in [6.45, 7) is 1.58. The molecule has 1 aliphatic carbocycles. The van der Waals surface area contributed by atoms with Gasteiger partial charge < -0.3 is 5.11 Å². The first kappa shape index (κ1) is 23.4. The van der Waals surface area contributed by atoms with E-state index in [9.17, 15) is 33.2 Å². The quantitative estimate of drug-likeness (QED) is 0.478. The molecule has 4 rings (SSSR count). The number of hydrogen-bond donors (Lipinski definition) is 1. The highest BCUT2D eigenvalue weighted by atomic mass is 19.3. The zero-order chi connectivity index (χ0) is 24.6. The third-order valence-corrected chi connectivity index (χ3v) is 6.18. The molecule has 1 aromatic heterocycles. The van der Waals surface area contributed by atoms with Crippen LogP contribution >= 0.6 is 0 Å². The Morgan fingerprint density at radius 1 is 1.18 bits per heavy atom. The van der Waals surface area contributed by atoms with Gasteiger partial charge in [0, 0.05) is 18.2 Å².